The maximum absolute atomic E-state index is 13.0. The molecule has 2 heterocycles. The van der Waals surface area contributed by atoms with E-state index < -0.39 is 5.95 Å². The molecule has 0 radical (unpaired) electrons. The van der Waals surface area contributed by atoms with Crippen molar-refractivity contribution in [3.63, 3.8) is 0 Å². The van der Waals surface area contributed by atoms with Crippen LogP contribution < -0.4 is 4.74 Å². The monoisotopic (exact) mass is 278 g/mol. The Hall–Kier alpha value is -1.65. The summed E-state index contributed by atoms with van der Waals surface area (Å²) < 4.78 is 18.7. The summed E-state index contributed by atoms with van der Waals surface area (Å²) in [5, 5.41) is 0. The molecule has 0 unspecified atom stereocenters. The fourth-order valence-corrected chi connectivity index (χ4v) is 2.59. The standard InChI is InChI=1S/C15H19FN2O2/c1-15(7-8-15)14(19)18-9-5-11(6-10-18)20-13-4-2-3-12(16)17-13/h2-4,11H,5-10H2,1H3. The second-order valence-electron chi connectivity index (χ2n) is 5.97. The van der Waals surface area contributed by atoms with Crippen molar-refractivity contribution in [2.75, 3.05) is 13.1 Å². The van der Waals surface area contributed by atoms with Gasteiger partial charge in [0, 0.05) is 37.4 Å². The van der Waals surface area contributed by atoms with Gasteiger partial charge in [-0.1, -0.05) is 13.0 Å². The van der Waals surface area contributed by atoms with E-state index in [0.717, 1.165) is 25.7 Å². The van der Waals surface area contributed by atoms with E-state index in [1.807, 2.05) is 11.8 Å². The van der Waals surface area contributed by atoms with E-state index in [2.05, 4.69) is 4.98 Å². The van der Waals surface area contributed by atoms with E-state index >= 15 is 0 Å². The van der Waals surface area contributed by atoms with E-state index in [0.29, 0.717) is 19.0 Å². The molecule has 0 bridgehead atoms. The number of piperidine rings is 1. The molecule has 0 spiro atoms. The van der Waals surface area contributed by atoms with Crippen LogP contribution in [0.3, 0.4) is 0 Å². The summed E-state index contributed by atoms with van der Waals surface area (Å²) in [6, 6.07) is 4.54. The van der Waals surface area contributed by atoms with Gasteiger partial charge in [0.05, 0.1) is 0 Å². The van der Waals surface area contributed by atoms with Crippen molar-refractivity contribution in [1.82, 2.24) is 9.88 Å². The van der Waals surface area contributed by atoms with Crippen molar-refractivity contribution in [2.45, 2.75) is 38.7 Å². The molecule has 4 nitrogen and oxygen atoms in total. The first kappa shape index (κ1) is 13.3. The molecule has 20 heavy (non-hydrogen) atoms. The third-order valence-electron chi connectivity index (χ3n) is 4.22. The molecular weight excluding hydrogens is 259 g/mol. The fraction of sp³-hybridized carbons (Fsp3) is 0.600. The first-order valence-corrected chi connectivity index (χ1v) is 7.15. The normalized spacial score (nSPS) is 21.6. The molecule has 5 heteroatoms. The first-order valence-electron chi connectivity index (χ1n) is 7.15. The Morgan fingerprint density at radius 2 is 2.10 bits per heavy atom. The van der Waals surface area contributed by atoms with Gasteiger partial charge in [-0.25, -0.2) is 0 Å². The van der Waals surface area contributed by atoms with Crippen LogP contribution in [0.4, 0.5) is 4.39 Å². The van der Waals surface area contributed by atoms with Crippen molar-refractivity contribution >= 4 is 5.91 Å². The molecule has 1 amide bonds. The molecule has 0 atom stereocenters. The number of hydrogen-bond acceptors (Lipinski definition) is 3. The minimum Gasteiger partial charge on any atom is -0.474 e. The average Bonchev–Trinajstić information content (AvgIpc) is 3.18. The number of likely N-dealkylation sites (tertiary alicyclic amines) is 1. The third-order valence-corrected chi connectivity index (χ3v) is 4.22. The van der Waals surface area contributed by atoms with Gasteiger partial charge in [-0.15, -0.1) is 0 Å². The van der Waals surface area contributed by atoms with Crippen molar-refractivity contribution in [3.05, 3.63) is 24.1 Å². The number of pyridine rings is 1. The van der Waals surface area contributed by atoms with Crippen molar-refractivity contribution < 1.29 is 13.9 Å². The number of amides is 1. The van der Waals surface area contributed by atoms with Gasteiger partial charge in [-0.2, -0.15) is 9.37 Å². The quantitative estimate of drug-likeness (QED) is 0.797. The van der Waals surface area contributed by atoms with Crippen LogP contribution in [0.5, 0.6) is 5.88 Å². The van der Waals surface area contributed by atoms with E-state index in [1.54, 1.807) is 12.1 Å². The van der Waals surface area contributed by atoms with E-state index in [9.17, 15) is 9.18 Å². The van der Waals surface area contributed by atoms with Crippen LogP contribution in [0.1, 0.15) is 32.6 Å². The summed E-state index contributed by atoms with van der Waals surface area (Å²) in [6.07, 6.45) is 3.59. The minimum absolute atomic E-state index is 0.0142. The van der Waals surface area contributed by atoms with Crippen LogP contribution in [0.25, 0.3) is 0 Å². The number of halogens is 1. The Labute approximate surface area is 117 Å². The zero-order valence-corrected chi connectivity index (χ0v) is 11.6. The van der Waals surface area contributed by atoms with E-state index in [-0.39, 0.29) is 17.4 Å². The molecule has 1 aliphatic heterocycles. The van der Waals surface area contributed by atoms with E-state index in [4.69, 9.17) is 4.74 Å². The van der Waals surface area contributed by atoms with Crippen molar-refractivity contribution in [1.29, 1.82) is 0 Å². The maximum Gasteiger partial charge on any atom is 0.228 e. The zero-order valence-electron chi connectivity index (χ0n) is 11.6. The summed E-state index contributed by atoms with van der Waals surface area (Å²) in [5.41, 5.74) is -0.0994. The highest BCUT2D eigenvalue weighted by Crippen LogP contribution is 2.46. The number of rotatable bonds is 3. The molecule has 2 fully saturated rings. The van der Waals surface area contributed by atoms with Crippen LogP contribution in [0.15, 0.2) is 18.2 Å². The smallest absolute Gasteiger partial charge is 0.228 e. The highest BCUT2D eigenvalue weighted by Gasteiger charge is 2.47. The van der Waals surface area contributed by atoms with E-state index in [1.165, 1.54) is 6.07 Å². The van der Waals surface area contributed by atoms with Gasteiger partial charge in [0.25, 0.3) is 0 Å². The largest absolute Gasteiger partial charge is 0.474 e. The highest BCUT2D eigenvalue weighted by atomic mass is 19.1. The summed E-state index contributed by atoms with van der Waals surface area (Å²) in [7, 11) is 0. The van der Waals surface area contributed by atoms with Gasteiger partial charge in [-0.3, -0.25) is 4.79 Å². The van der Waals surface area contributed by atoms with Crippen LogP contribution >= 0.6 is 0 Å². The average molecular weight is 278 g/mol. The fourth-order valence-electron chi connectivity index (χ4n) is 2.59. The second kappa shape index (κ2) is 5.04. The van der Waals surface area contributed by atoms with Gasteiger partial charge < -0.3 is 9.64 Å². The lowest BCUT2D eigenvalue weighted by Crippen LogP contribution is -2.44. The van der Waals surface area contributed by atoms with Crippen LogP contribution in [-0.2, 0) is 4.79 Å². The number of hydrogen-bond donors (Lipinski definition) is 0. The van der Waals surface area contributed by atoms with Gasteiger partial charge in [0.1, 0.15) is 6.10 Å². The Balaban J connectivity index is 1.52. The molecule has 0 aromatic carbocycles. The molecule has 1 aromatic rings. The molecule has 1 aromatic heterocycles. The van der Waals surface area contributed by atoms with Gasteiger partial charge in [-0.05, 0) is 18.9 Å². The summed E-state index contributed by atoms with van der Waals surface area (Å²) in [5.74, 6) is 0.0699. The van der Waals surface area contributed by atoms with Crippen LogP contribution in [0.2, 0.25) is 0 Å². The molecule has 2 aliphatic rings. The molecule has 108 valence electrons. The Morgan fingerprint density at radius 3 is 2.70 bits per heavy atom. The molecule has 1 saturated heterocycles. The summed E-state index contributed by atoms with van der Waals surface area (Å²) in [4.78, 5) is 17.9. The number of aromatic nitrogens is 1. The SMILES string of the molecule is CC1(C(=O)N2CCC(Oc3cccc(F)n3)CC2)CC1. The Morgan fingerprint density at radius 1 is 1.40 bits per heavy atom. The maximum atomic E-state index is 13.0. The van der Waals surface area contributed by atoms with Gasteiger partial charge in [0.2, 0.25) is 17.7 Å². The predicted molar refractivity (Wildman–Crippen MR) is 71.8 cm³/mol. The lowest BCUT2D eigenvalue weighted by molar-refractivity contribution is -0.138. The van der Waals surface area contributed by atoms with Crippen LogP contribution in [-0.4, -0.2) is 35.0 Å². The lowest BCUT2D eigenvalue weighted by Gasteiger charge is -2.33. The molecule has 3 rings (SSSR count). The number of carbonyl (C=O) groups is 1. The second-order valence-corrected chi connectivity index (χ2v) is 5.97. The number of ether oxygens (including phenoxy) is 1. The van der Waals surface area contributed by atoms with Crippen LogP contribution in [0, 0.1) is 11.4 Å². The van der Waals surface area contributed by atoms with Crippen molar-refractivity contribution in [2.24, 2.45) is 5.41 Å². The minimum atomic E-state index is -0.531. The molecule has 1 aliphatic carbocycles. The molecular formula is C15H19FN2O2. The predicted octanol–water partition coefficient (Wildman–Crippen LogP) is 2.39. The van der Waals surface area contributed by atoms with Crippen molar-refractivity contribution in [3.8, 4) is 5.88 Å². The molecule has 1 saturated carbocycles. The van der Waals surface area contributed by atoms with Gasteiger partial charge >= 0.3 is 0 Å². The Kier molecular flexibility index (Phi) is 3.36. The lowest BCUT2D eigenvalue weighted by atomic mass is 10.0. The van der Waals surface area contributed by atoms with Gasteiger partial charge in [0.15, 0.2) is 0 Å². The zero-order chi connectivity index (χ0) is 14.2. The topological polar surface area (TPSA) is 42.4 Å². The summed E-state index contributed by atoms with van der Waals surface area (Å²) in [6.45, 7) is 3.47. The number of nitrogens with zero attached hydrogens (tertiary/aromatic N) is 2. The highest BCUT2D eigenvalue weighted by molar-refractivity contribution is 5.84. The third kappa shape index (κ3) is 2.76. The molecule has 0 N–H and O–H groups in total. The first-order chi connectivity index (χ1) is 9.57. The summed E-state index contributed by atoms with van der Waals surface area (Å²) >= 11 is 0. The number of carbonyl (C=O) groups excluding carboxylic acids is 1. The Bertz CT molecular complexity index is 508.